The molecule has 0 aliphatic rings. The normalized spacial score (nSPS) is 11.5. The van der Waals surface area contributed by atoms with Crippen molar-refractivity contribution in [1.29, 1.82) is 0 Å². The van der Waals surface area contributed by atoms with E-state index in [9.17, 15) is 31.4 Å². The van der Waals surface area contributed by atoms with Gasteiger partial charge >= 0.3 is 12.7 Å². The standard InChI is InChI=1S/C19H14F3N5O2.C18H13F3N6O/c20-19(21,22)29-15-6-4-13(5-7-15)26-17-16-9-25-27(18(16)24-11-23-17)10-12-2-1-3-14(28)8-12;19-18(20,21)28-14-5-3-13(4-6-14)26-16-15-9-25-27(17(15)24-11-23-16)10-12-2-1-7-22-8-12/h1-9,11,28H,10H2,(H,23,24,26);1-9,11H,10H2,(H,23,24,26). The fourth-order valence-electron chi connectivity index (χ4n) is 5.46. The summed E-state index contributed by atoms with van der Waals surface area (Å²) in [5.41, 5.74) is 4.10. The third kappa shape index (κ3) is 9.98. The van der Waals surface area contributed by atoms with Gasteiger partial charge in [0, 0.05) is 23.8 Å². The number of aromatic hydroxyl groups is 1. The van der Waals surface area contributed by atoms with Gasteiger partial charge in [-0.25, -0.2) is 29.3 Å². The molecule has 14 nitrogen and oxygen atoms in total. The molecule has 5 heterocycles. The number of nitrogens with one attached hydrogen (secondary N) is 2. The minimum absolute atomic E-state index is 0.161. The maximum atomic E-state index is 12.3. The Morgan fingerprint density at radius 2 is 1.07 bits per heavy atom. The third-order valence-electron chi connectivity index (χ3n) is 7.87. The topological polar surface area (TPSA) is 163 Å². The number of hydrogen-bond donors (Lipinski definition) is 3. The van der Waals surface area contributed by atoms with Crippen LogP contribution in [0.1, 0.15) is 11.1 Å². The Bertz CT molecular complexity index is 2580. The molecule has 0 bridgehead atoms. The minimum atomic E-state index is -4.74. The first kappa shape index (κ1) is 37.8. The van der Waals surface area contributed by atoms with Crippen LogP contribution in [0.15, 0.2) is 122 Å². The number of halogens is 6. The van der Waals surface area contributed by atoms with Gasteiger partial charge in [0.1, 0.15) is 41.5 Å². The summed E-state index contributed by atoms with van der Waals surface area (Å²) in [5.74, 6) is 0.507. The lowest BCUT2D eigenvalue weighted by molar-refractivity contribution is -0.275. The average molecular weight is 788 g/mol. The van der Waals surface area contributed by atoms with Crippen molar-refractivity contribution in [3.8, 4) is 17.2 Å². The predicted octanol–water partition coefficient (Wildman–Crippen LogP) is 8.13. The number of nitrogens with zero attached hydrogens (tertiary/aromatic N) is 9. The molecular weight excluding hydrogens is 760 g/mol. The van der Waals surface area contributed by atoms with Gasteiger partial charge in [-0.3, -0.25) is 4.98 Å². The molecule has 290 valence electrons. The van der Waals surface area contributed by atoms with E-state index in [0.29, 0.717) is 58.2 Å². The van der Waals surface area contributed by atoms with Gasteiger partial charge in [0.2, 0.25) is 0 Å². The first-order chi connectivity index (χ1) is 27.3. The number of rotatable bonds is 10. The number of alkyl halides is 6. The Hall–Kier alpha value is -7.51. The van der Waals surface area contributed by atoms with E-state index in [1.54, 1.807) is 52.4 Å². The SMILES string of the molecule is FC(F)(F)Oc1ccc(Nc2ncnc3c2cnn3Cc2cccnc2)cc1.Oc1cccc(Cn2ncc3c(Nc4ccc(OC(F)(F)F)cc4)ncnc32)c1. The molecule has 0 spiro atoms. The second-order valence-corrected chi connectivity index (χ2v) is 11.9. The van der Waals surface area contributed by atoms with Crippen LogP contribution in [0.4, 0.5) is 49.4 Å². The van der Waals surface area contributed by atoms with E-state index < -0.39 is 12.7 Å². The smallest absolute Gasteiger partial charge is 0.508 e. The van der Waals surface area contributed by atoms with Crippen LogP contribution in [-0.2, 0) is 13.1 Å². The fraction of sp³-hybridized carbons (Fsp3) is 0.108. The van der Waals surface area contributed by atoms with Gasteiger partial charge in [-0.05, 0) is 77.9 Å². The lowest BCUT2D eigenvalue weighted by atomic mass is 10.2. The fourth-order valence-corrected chi connectivity index (χ4v) is 5.46. The number of pyridine rings is 1. The highest BCUT2D eigenvalue weighted by molar-refractivity contribution is 5.89. The molecule has 0 radical (unpaired) electrons. The van der Waals surface area contributed by atoms with Gasteiger partial charge < -0.3 is 25.2 Å². The molecule has 8 aromatic rings. The van der Waals surface area contributed by atoms with E-state index in [2.05, 4.69) is 55.2 Å². The van der Waals surface area contributed by atoms with Crippen molar-refractivity contribution in [2.24, 2.45) is 0 Å². The summed E-state index contributed by atoms with van der Waals surface area (Å²) in [6.07, 6.45) is -0.0245. The summed E-state index contributed by atoms with van der Waals surface area (Å²) in [6, 6.07) is 21.3. The molecule has 0 aliphatic heterocycles. The molecule has 57 heavy (non-hydrogen) atoms. The Morgan fingerprint density at radius 1 is 0.579 bits per heavy atom. The van der Waals surface area contributed by atoms with Crippen LogP contribution in [0.2, 0.25) is 0 Å². The maximum Gasteiger partial charge on any atom is 0.573 e. The van der Waals surface area contributed by atoms with E-state index in [0.717, 1.165) is 11.1 Å². The molecule has 0 saturated heterocycles. The van der Waals surface area contributed by atoms with E-state index >= 15 is 0 Å². The molecule has 8 rings (SSSR count). The van der Waals surface area contributed by atoms with Crippen molar-refractivity contribution in [3.63, 3.8) is 0 Å². The molecule has 3 N–H and O–H groups in total. The van der Waals surface area contributed by atoms with E-state index in [4.69, 9.17) is 0 Å². The Morgan fingerprint density at radius 3 is 1.53 bits per heavy atom. The van der Waals surface area contributed by atoms with Crippen molar-refractivity contribution in [3.05, 3.63) is 133 Å². The Kier molecular flexibility index (Phi) is 10.7. The van der Waals surface area contributed by atoms with Crippen molar-refractivity contribution in [2.75, 3.05) is 10.6 Å². The summed E-state index contributed by atoms with van der Waals surface area (Å²) in [6.45, 7) is 0.898. The summed E-state index contributed by atoms with van der Waals surface area (Å²) < 4.78 is 84.7. The van der Waals surface area contributed by atoms with E-state index in [1.807, 2.05) is 18.2 Å². The van der Waals surface area contributed by atoms with Gasteiger partial charge in [-0.1, -0.05) is 18.2 Å². The average Bonchev–Trinajstić information content (AvgIpc) is 3.78. The van der Waals surface area contributed by atoms with Crippen LogP contribution in [-0.4, -0.2) is 62.3 Å². The van der Waals surface area contributed by atoms with Crippen LogP contribution in [0.5, 0.6) is 17.2 Å². The highest BCUT2D eigenvalue weighted by Crippen LogP contribution is 2.29. The molecule has 3 aromatic carbocycles. The van der Waals surface area contributed by atoms with Crippen LogP contribution < -0.4 is 20.1 Å². The molecule has 20 heteroatoms. The third-order valence-corrected chi connectivity index (χ3v) is 7.87. The van der Waals surface area contributed by atoms with Crippen LogP contribution in [0, 0.1) is 0 Å². The van der Waals surface area contributed by atoms with Crippen molar-refractivity contribution in [2.45, 2.75) is 25.8 Å². The number of aromatic nitrogens is 9. The van der Waals surface area contributed by atoms with Crippen LogP contribution in [0.25, 0.3) is 22.1 Å². The van der Waals surface area contributed by atoms with Crippen molar-refractivity contribution < 1.29 is 40.9 Å². The summed E-state index contributed by atoms with van der Waals surface area (Å²) in [4.78, 5) is 21.0. The van der Waals surface area contributed by atoms with Gasteiger partial charge in [0.15, 0.2) is 11.3 Å². The molecule has 0 amide bonds. The number of phenolic OH excluding ortho intramolecular Hbond substituents is 1. The molecule has 0 atom stereocenters. The quantitative estimate of drug-likeness (QED) is 0.114. The molecule has 0 saturated carbocycles. The zero-order valence-corrected chi connectivity index (χ0v) is 29.0. The monoisotopic (exact) mass is 787 g/mol. The molecule has 0 aliphatic carbocycles. The van der Waals surface area contributed by atoms with E-state index in [-0.39, 0.29) is 17.2 Å². The largest absolute Gasteiger partial charge is 0.573 e. The number of fused-ring (bicyclic) bond motifs is 2. The van der Waals surface area contributed by atoms with Crippen molar-refractivity contribution in [1.82, 2.24) is 44.5 Å². The Balaban J connectivity index is 0.000000174. The second kappa shape index (κ2) is 16.1. The van der Waals surface area contributed by atoms with Gasteiger partial charge in [0.25, 0.3) is 0 Å². The van der Waals surface area contributed by atoms with Gasteiger partial charge in [-0.2, -0.15) is 10.2 Å². The minimum Gasteiger partial charge on any atom is -0.508 e. The number of benzene rings is 3. The number of phenols is 1. The Labute approximate surface area is 317 Å². The van der Waals surface area contributed by atoms with Crippen LogP contribution in [0.3, 0.4) is 0 Å². The first-order valence-corrected chi connectivity index (χ1v) is 16.6. The second-order valence-electron chi connectivity index (χ2n) is 11.9. The number of anilines is 4. The van der Waals surface area contributed by atoms with Crippen molar-refractivity contribution >= 4 is 45.1 Å². The highest BCUT2D eigenvalue weighted by Gasteiger charge is 2.31. The molecular formula is C37H27F6N11O3. The highest BCUT2D eigenvalue weighted by atomic mass is 19.4. The van der Waals surface area contributed by atoms with Gasteiger partial charge in [-0.15, -0.1) is 26.3 Å². The van der Waals surface area contributed by atoms with Crippen LogP contribution >= 0.6 is 0 Å². The lowest BCUT2D eigenvalue weighted by Gasteiger charge is -2.10. The maximum absolute atomic E-state index is 12.3. The summed E-state index contributed by atoms with van der Waals surface area (Å²) in [5, 5.41) is 25.7. The lowest BCUT2D eigenvalue weighted by Crippen LogP contribution is -2.17. The molecule has 0 unspecified atom stereocenters. The number of hydrogen-bond acceptors (Lipinski definition) is 12. The van der Waals surface area contributed by atoms with E-state index in [1.165, 1.54) is 61.2 Å². The predicted molar refractivity (Wildman–Crippen MR) is 194 cm³/mol. The summed E-state index contributed by atoms with van der Waals surface area (Å²) in [7, 11) is 0. The molecule has 0 fully saturated rings. The first-order valence-electron chi connectivity index (χ1n) is 16.6. The molecule has 5 aromatic heterocycles. The number of ether oxygens (including phenoxy) is 2. The zero-order valence-electron chi connectivity index (χ0n) is 29.0. The zero-order chi connectivity index (χ0) is 40.0. The summed E-state index contributed by atoms with van der Waals surface area (Å²) >= 11 is 0. The van der Waals surface area contributed by atoms with Gasteiger partial charge in [0.05, 0.1) is 36.3 Å².